The highest BCUT2D eigenvalue weighted by molar-refractivity contribution is 5.98. The summed E-state index contributed by atoms with van der Waals surface area (Å²) in [7, 11) is 0. The first-order valence-corrected chi connectivity index (χ1v) is 12.4. The van der Waals surface area contributed by atoms with Crippen molar-refractivity contribution >= 4 is 11.6 Å². The molecule has 0 bridgehead atoms. The normalized spacial score (nSPS) is 42.9. The molecule has 0 heterocycles. The van der Waals surface area contributed by atoms with Crippen molar-refractivity contribution in [2.75, 3.05) is 0 Å². The highest BCUT2D eigenvalue weighted by Gasteiger charge is 2.59. The van der Waals surface area contributed by atoms with E-state index >= 15 is 0 Å². The van der Waals surface area contributed by atoms with E-state index in [0.29, 0.717) is 35.9 Å². The molecule has 0 radical (unpaired) electrons. The van der Waals surface area contributed by atoms with Gasteiger partial charge in [0.1, 0.15) is 5.78 Å². The fraction of sp³-hybridized carbons (Fsp3) is 0.852. The van der Waals surface area contributed by atoms with Crippen molar-refractivity contribution in [2.45, 2.75) is 98.8 Å². The van der Waals surface area contributed by atoms with Gasteiger partial charge in [-0.05, 0) is 78.6 Å². The minimum Gasteiger partial charge on any atom is -0.300 e. The second kappa shape index (κ2) is 7.65. The van der Waals surface area contributed by atoms with Crippen LogP contribution in [0.15, 0.2) is 11.6 Å². The Morgan fingerprint density at radius 1 is 0.931 bits per heavy atom. The molecule has 4 rings (SSSR count). The van der Waals surface area contributed by atoms with Gasteiger partial charge < -0.3 is 0 Å². The number of Topliss-reactive ketones (excluding diaryl/α,β-unsaturated/α-hetero) is 1. The zero-order chi connectivity index (χ0) is 21.0. The van der Waals surface area contributed by atoms with Gasteiger partial charge in [-0.25, -0.2) is 0 Å². The first-order valence-electron chi connectivity index (χ1n) is 12.4. The van der Waals surface area contributed by atoms with Crippen LogP contribution in [-0.4, -0.2) is 11.6 Å². The summed E-state index contributed by atoms with van der Waals surface area (Å²) in [5.41, 5.74) is 1.89. The van der Waals surface area contributed by atoms with E-state index in [4.69, 9.17) is 0 Å². The Morgan fingerprint density at radius 3 is 2.38 bits per heavy atom. The molecule has 0 aliphatic heterocycles. The van der Waals surface area contributed by atoms with Crippen molar-refractivity contribution in [2.24, 2.45) is 46.3 Å². The number of hydrogen-bond donors (Lipinski definition) is 0. The Morgan fingerprint density at radius 2 is 1.66 bits per heavy atom. The number of rotatable bonds is 5. The smallest absolute Gasteiger partial charge is 0.159 e. The average Bonchev–Trinajstić information content (AvgIpc) is 3.00. The van der Waals surface area contributed by atoms with Gasteiger partial charge in [0.15, 0.2) is 5.78 Å². The third-order valence-corrected chi connectivity index (χ3v) is 9.93. The molecule has 0 spiro atoms. The molecule has 3 fully saturated rings. The van der Waals surface area contributed by atoms with Gasteiger partial charge in [0.05, 0.1) is 0 Å². The van der Waals surface area contributed by atoms with E-state index in [1.807, 2.05) is 6.08 Å². The molecule has 0 amide bonds. The maximum atomic E-state index is 13.1. The van der Waals surface area contributed by atoms with Crippen LogP contribution in [0.4, 0.5) is 0 Å². The van der Waals surface area contributed by atoms with Crippen molar-refractivity contribution in [1.82, 2.24) is 0 Å². The number of hydrogen-bond acceptors (Lipinski definition) is 2. The third-order valence-electron chi connectivity index (χ3n) is 9.93. The predicted octanol–water partition coefficient (Wildman–Crippen LogP) is 6.78. The summed E-state index contributed by atoms with van der Waals surface area (Å²) < 4.78 is 0. The molecule has 0 aromatic heterocycles. The van der Waals surface area contributed by atoms with Crippen LogP contribution in [0.25, 0.3) is 0 Å². The number of carbonyl (C=O) groups excluding carboxylic acids is 2. The first-order chi connectivity index (χ1) is 13.7. The van der Waals surface area contributed by atoms with Crippen molar-refractivity contribution < 1.29 is 9.59 Å². The lowest BCUT2D eigenvalue weighted by Crippen LogP contribution is -2.52. The van der Waals surface area contributed by atoms with Gasteiger partial charge in [-0.1, -0.05) is 59.5 Å². The van der Waals surface area contributed by atoms with Gasteiger partial charge in [-0.15, -0.1) is 0 Å². The third kappa shape index (κ3) is 3.47. The molecule has 162 valence electrons. The van der Waals surface area contributed by atoms with Gasteiger partial charge in [-0.2, -0.15) is 0 Å². The Labute approximate surface area is 178 Å². The number of ketones is 2. The Bertz CT molecular complexity index is 703. The van der Waals surface area contributed by atoms with Crippen LogP contribution in [0.3, 0.4) is 0 Å². The summed E-state index contributed by atoms with van der Waals surface area (Å²) in [4.78, 5) is 25.2. The summed E-state index contributed by atoms with van der Waals surface area (Å²) >= 11 is 0. The Kier molecular flexibility index (Phi) is 5.62. The van der Waals surface area contributed by atoms with Crippen molar-refractivity contribution in [3.63, 3.8) is 0 Å². The molecule has 0 aromatic rings. The molecule has 29 heavy (non-hydrogen) atoms. The van der Waals surface area contributed by atoms with Crippen LogP contribution in [0.2, 0.25) is 0 Å². The average molecular weight is 399 g/mol. The first kappa shape index (κ1) is 21.3. The fourth-order valence-electron chi connectivity index (χ4n) is 8.18. The van der Waals surface area contributed by atoms with Crippen LogP contribution >= 0.6 is 0 Å². The van der Waals surface area contributed by atoms with Gasteiger partial charge in [0, 0.05) is 18.8 Å². The quantitative estimate of drug-likeness (QED) is 0.512. The number of allylic oxidation sites excluding steroid dienone is 2. The van der Waals surface area contributed by atoms with Crippen molar-refractivity contribution in [3.05, 3.63) is 11.6 Å². The second-order valence-corrected chi connectivity index (χ2v) is 12.0. The van der Waals surface area contributed by atoms with Gasteiger partial charge in [-0.3, -0.25) is 9.59 Å². The largest absolute Gasteiger partial charge is 0.300 e. The lowest BCUT2D eigenvalue weighted by molar-refractivity contribution is -0.138. The topological polar surface area (TPSA) is 34.1 Å². The predicted molar refractivity (Wildman–Crippen MR) is 118 cm³/mol. The summed E-state index contributed by atoms with van der Waals surface area (Å²) in [6.45, 7) is 12.0. The molecule has 7 atom stereocenters. The number of fused-ring (bicyclic) bond motifs is 5. The molecule has 0 saturated heterocycles. The van der Waals surface area contributed by atoms with Crippen molar-refractivity contribution in [1.29, 1.82) is 0 Å². The molecular weight excluding hydrogens is 356 g/mol. The highest BCUT2D eigenvalue weighted by atomic mass is 16.1. The van der Waals surface area contributed by atoms with Crippen molar-refractivity contribution in [3.8, 4) is 0 Å². The van der Waals surface area contributed by atoms with E-state index < -0.39 is 0 Å². The molecule has 7 unspecified atom stereocenters. The summed E-state index contributed by atoms with van der Waals surface area (Å²) in [5, 5.41) is 0. The zero-order valence-electron chi connectivity index (χ0n) is 19.4. The standard InChI is InChI=1S/C27H42O2/c1-17(2)7-6-8-18(3)21-9-10-22-20-16-25(29)24-15-19(28)11-13-27(24,5)23(20)12-14-26(21,22)4/h16-18,21-24H,6-15H2,1-5H3. The highest BCUT2D eigenvalue weighted by Crippen LogP contribution is 2.66. The Hall–Kier alpha value is -0.920. The monoisotopic (exact) mass is 398 g/mol. The van der Waals surface area contributed by atoms with E-state index in [0.717, 1.165) is 24.2 Å². The summed E-state index contributed by atoms with van der Waals surface area (Å²) in [6.07, 6.45) is 13.3. The molecule has 0 aromatic carbocycles. The van der Waals surface area contributed by atoms with E-state index in [1.54, 1.807) is 0 Å². The maximum absolute atomic E-state index is 13.1. The number of carbonyl (C=O) groups is 2. The van der Waals surface area contributed by atoms with Crippen LogP contribution in [0.1, 0.15) is 98.8 Å². The van der Waals surface area contributed by atoms with Crippen LogP contribution in [0, 0.1) is 46.3 Å². The van der Waals surface area contributed by atoms with Crippen LogP contribution < -0.4 is 0 Å². The maximum Gasteiger partial charge on any atom is 0.159 e. The fourth-order valence-corrected chi connectivity index (χ4v) is 8.18. The lowest BCUT2D eigenvalue weighted by atomic mass is 9.47. The Balaban J connectivity index is 1.56. The molecule has 4 aliphatic rings. The molecular formula is C27H42O2. The van der Waals surface area contributed by atoms with Gasteiger partial charge >= 0.3 is 0 Å². The zero-order valence-corrected chi connectivity index (χ0v) is 19.4. The minimum atomic E-state index is -0.0472. The van der Waals surface area contributed by atoms with Crippen LogP contribution in [0.5, 0.6) is 0 Å². The SMILES string of the molecule is CC(C)CCCC(C)C1CCC2C3=CC(=O)C4CC(=O)CCC4(C)C3CCC21C. The van der Waals surface area contributed by atoms with Crippen LogP contribution in [-0.2, 0) is 9.59 Å². The summed E-state index contributed by atoms with van der Waals surface area (Å²) in [5.74, 6) is 4.04. The molecule has 2 nitrogen and oxygen atoms in total. The lowest BCUT2D eigenvalue weighted by Gasteiger charge is -2.56. The second-order valence-electron chi connectivity index (χ2n) is 12.0. The molecule has 2 heteroatoms. The minimum absolute atomic E-state index is 0.0252. The van der Waals surface area contributed by atoms with E-state index in [-0.39, 0.29) is 17.1 Å². The molecule has 0 N–H and O–H groups in total. The molecule has 3 saturated carbocycles. The summed E-state index contributed by atoms with van der Waals surface area (Å²) in [6, 6.07) is 0. The van der Waals surface area contributed by atoms with Gasteiger partial charge in [0.2, 0.25) is 0 Å². The molecule has 4 aliphatic carbocycles. The van der Waals surface area contributed by atoms with E-state index in [2.05, 4.69) is 34.6 Å². The van der Waals surface area contributed by atoms with E-state index in [9.17, 15) is 9.59 Å². The van der Waals surface area contributed by atoms with Gasteiger partial charge in [0.25, 0.3) is 0 Å². The van der Waals surface area contributed by atoms with E-state index in [1.165, 1.54) is 50.5 Å².